The average molecular weight is 286 g/mol. The fraction of sp³-hybridized carbons (Fsp3) is 0.250. The number of hydrogen-bond acceptors (Lipinski definition) is 5. The van der Waals surface area contributed by atoms with Crippen molar-refractivity contribution in [1.82, 2.24) is 0 Å². The maximum Gasteiger partial charge on any atom is 0.342 e. The zero-order valence-electron chi connectivity index (χ0n) is 11.9. The fourth-order valence-corrected chi connectivity index (χ4v) is 1.60. The number of carbonyl (C=O) groups excluding carboxylic acids is 2. The topological polar surface area (TPSA) is 72.8 Å². The van der Waals surface area contributed by atoms with Crippen LogP contribution in [0.5, 0.6) is 5.75 Å². The Labute approximate surface area is 122 Å². The highest BCUT2D eigenvalue weighted by molar-refractivity contribution is 5.94. The lowest BCUT2D eigenvalue weighted by Gasteiger charge is -2.15. The second-order valence-corrected chi connectivity index (χ2v) is 3.87. The molecule has 1 aromatic carbocycles. The zero-order chi connectivity index (χ0) is 15.8. The van der Waals surface area contributed by atoms with Gasteiger partial charge in [-0.2, -0.15) is 0 Å². The highest BCUT2D eigenvalue weighted by Crippen LogP contribution is 2.28. The Morgan fingerprint density at radius 2 is 2.00 bits per heavy atom. The van der Waals surface area contributed by atoms with E-state index in [0.717, 1.165) is 0 Å². The predicted octanol–water partition coefficient (Wildman–Crippen LogP) is 1.81. The summed E-state index contributed by atoms with van der Waals surface area (Å²) in [7, 11) is 1.19. The molecule has 5 nitrogen and oxygen atoms in total. The molecule has 5 heteroatoms. The van der Waals surface area contributed by atoms with Crippen LogP contribution in [0.3, 0.4) is 0 Å². The number of hydrogen-bond donors (Lipinski definition) is 1. The van der Waals surface area contributed by atoms with E-state index in [-0.39, 0.29) is 16.9 Å². The van der Waals surface area contributed by atoms with Gasteiger partial charge in [0.1, 0.15) is 11.3 Å². The molecule has 1 aromatic rings. The third-order valence-corrected chi connectivity index (χ3v) is 2.42. The molecular weight excluding hydrogens is 272 g/mol. The number of aromatic hydroxyl groups is 1. The van der Waals surface area contributed by atoms with Gasteiger partial charge in [-0.3, -0.25) is 4.79 Å². The van der Waals surface area contributed by atoms with E-state index in [2.05, 4.69) is 28.4 Å². The molecule has 0 aliphatic heterocycles. The number of methoxy groups -OCH3 is 1. The monoisotopic (exact) mass is 286 g/mol. The number of benzene rings is 1. The van der Waals surface area contributed by atoms with Crippen LogP contribution >= 0.6 is 0 Å². The Kier molecular flexibility index (Phi) is 5.85. The molecule has 0 saturated heterocycles. The Morgan fingerprint density at radius 3 is 2.57 bits per heavy atom. The third kappa shape index (κ3) is 4.29. The SMILES string of the molecule is CC#CC#CC(OC(C)=O)c1cccc(O)c1C(=O)OC. The number of esters is 2. The number of carbonyl (C=O) groups is 2. The molecule has 0 saturated carbocycles. The fourth-order valence-electron chi connectivity index (χ4n) is 1.60. The van der Waals surface area contributed by atoms with E-state index in [4.69, 9.17) is 4.74 Å². The largest absolute Gasteiger partial charge is 0.507 e. The quantitative estimate of drug-likeness (QED) is 0.677. The van der Waals surface area contributed by atoms with Crippen LogP contribution < -0.4 is 0 Å². The van der Waals surface area contributed by atoms with Crippen LogP contribution in [0.4, 0.5) is 0 Å². The van der Waals surface area contributed by atoms with Gasteiger partial charge in [0.2, 0.25) is 0 Å². The first-order chi connectivity index (χ1) is 10.0. The lowest BCUT2D eigenvalue weighted by molar-refractivity contribution is -0.144. The number of ether oxygens (including phenoxy) is 2. The molecular formula is C16H14O5. The summed E-state index contributed by atoms with van der Waals surface area (Å²) >= 11 is 0. The van der Waals surface area contributed by atoms with Gasteiger partial charge in [-0.1, -0.05) is 18.1 Å². The first-order valence-electron chi connectivity index (χ1n) is 6.01. The smallest absolute Gasteiger partial charge is 0.342 e. The maximum absolute atomic E-state index is 11.8. The molecule has 1 unspecified atom stereocenters. The van der Waals surface area contributed by atoms with E-state index in [9.17, 15) is 14.7 Å². The van der Waals surface area contributed by atoms with E-state index in [1.807, 2.05) is 0 Å². The minimum atomic E-state index is -1.02. The molecule has 0 aromatic heterocycles. The zero-order valence-corrected chi connectivity index (χ0v) is 11.9. The Morgan fingerprint density at radius 1 is 1.29 bits per heavy atom. The highest BCUT2D eigenvalue weighted by atomic mass is 16.5. The van der Waals surface area contributed by atoms with Gasteiger partial charge in [-0.25, -0.2) is 4.79 Å². The minimum absolute atomic E-state index is 0.0926. The predicted molar refractivity (Wildman–Crippen MR) is 75.2 cm³/mol. The van der Waals surface area contributed by atoms with Gasteiger partial charge < -0.3 is 14.6 Å². The molecule has 1 atom stereocenters. The molecule has 0 fully saturated rings. The summed E-state index contributed by atoms with van der Waals surface area (Å²) in [5.41, 5.74) is 0.146. The first-order valence-corrected chi connectivity index (χ1v) is 6.01. The van der Waals surface area contributed by atoms with Crippen molar-refractivity contribution < 1.29 is 24.2 Å². The van der Waals surface area contributed by atoms with Crippen molar-refractivity contribution in [1.29, 1.82) is 0 Å². The Balaban J connectivity index is 3.39. The van der Waals surface area contributed by atoms with E-state index < -0.39 is 18.0 Å². The van der Waals surface area contributed by atoms with Crippen LogP contribution in [0.2, 0.25) is 0 Å². The molecule has 1 N–H and O–H groups in total. The molecule has 21 heavy (non-hydrogen) atoms. The van der Waals surface area contributed by atoms with E-state index in [1.54, 1.807) is 6.92 Å². The van der Waals surface area contributed by atoms with Crippen LogP contribution in [0, 0.1) is 23.7 Å². The summed E-state index contributed by atoms with van der Waals surface area (Å²) in [6, 6.07) is 4.37. The summed E-state index contributed by atoms with van der Waals surface area (Å²) < 4.78 is 9.70. The number of phenolic OH excluding ortho intramolecular Hbond substituents is 1. The van der Waals surface area contributed by atoms with Gasteiger partial charge in [-0.05, 0) is 30.8 Å². The van der Waals surface area contributed by atoms with E-state index >= 15 is 0 Å². The number of rotatable bonds is 3. The van der Waals surface area contributed by atoms with Gasteiger partial charge >= 0.3 is 11.9 Å². The Bertz CT molecular complexity index is 667. The molecule has 0 heterocycles. The first kappa shape index (κ1) is 16.1. The summed E-state index contributed by atoms with van der Waals surface area (Å²) in [5.74, 6) is 8.65. The molecule has 0 bridgehead atoms. The second kappa shape index (κ2) is 7.62. The molecule has 1 rings (SSSR count). The van der Waals surface area contributed by atoms with Crippen molar-refractivity contribution in [2.24, 2.45) is 0 Å². The molecule has 0 spiro atoms. The van der Waals surface area contributed by atoms with Crippen LogP contribution in [0.1, 0.15) is 35.9 Å². The Hall–Kier alpha value is -2.92. The van der Waals surface area contributed by atoms with Crippen LogP contribution in [0.25, 0.3) is 0 Å². The van der Waals surface area contributed by atoms with Crippen LogP contribution in [-0.2, 0) is 14.3 Å². The van der Waals surface area contributed by atoms with Gasteiger partial charge in [0.05, 0.1) is 7.11 Å². The third-order valence-electron chi connectivity index (χ3n) is 2.42. The van der Waals surface area contributed by atoms with Crippen LogP contribution in [0.15, 0.2) is 18.2 Å². The molecule has 0 radical (unpaired) electrons. The lowest BCUT2D eigenvalue weighted by atomic mass is 10.0. The van der Waals surface area contributed by atoms with Gasteiger partial charge in [0.25, 0.3) is 0 Å². The average Bonchev–Trinajstić information content (AvgIpc) is 2.45. The highest BCUT2D eigenvalue weighted by Gasteiger charge is 2.23. The molecule has 0 aliphatic rings. The lowest BCUT2D eigenvalue weighted by Crippen LogP contribution is -2.13. The molecule has 0 aliphatic carbocycles. The van der Waals surface area contributed by atoms with Gasteiger partial charge in [0, 0.05) is 12.5 Å². The second-order valence-electron chi connectivity index (χ2n) is 3.87. The van der Waals surface area contributed by atoms with Crippen molar-refractivity contribution >= 4 is 11.9 Å². The van der Waals surface area contributed by atoms with Gasteiger partial charge in [0.15, 0.2) is 6.10 Å². The summed E-state index contributed by atoms with van der Waals surface area (Å²) in [4.78, 5) is 23.0. The van der Waals surface area contributed by atoms with Crippen molar-refractivity contribution in [2.45, 2.75) is 20.0 Å². The normalized spacial score (nSPS) is 10.2. The number of phenols is 1. The molecule has 0 amide bonds. The van der Waals surface area contributed by atoms with E-state index in [0.29, 0.717) is 0 Å². The van der Waals surface area contributed by atoms with Crippen molar-refractivity contribution in [3.63, 3.8) is 0 Å². The van der Waals surface area contributed by atoms with Gasteiger partial charge in [-0.15, -0.1) is 0 Å². The summed E-state index contributed by atoms with van der Waals surface area (Å²) in [5, 5.41) is 9.83. The maximum atomic E-state index is 11.8. The summed E-state index contributed by atoms with van der Waals surface area (Å²) in [6.45, 7) is 2.84. The molecule has 108 valence electrons. The van der Waals surface area contributed by atoms with Crippen molar-refractivity contribution in [2.75, 3.05) is 7.11 Å². The van der Waals surface area contributed by atoms with E-state index in [1.165, 1.54) is 32.2 Å². The standard InChI is InChI=1S/C16H14O5/c1-4-5-6-10-14(21-11(2)17)12-8-7-9-13(18)15(12)16(19)20-3/h7-9,14,18H,1-3H3. The minimum Gasteiger partial charge on any atom is -0.507 e. The van der Waals surface area contributed by atoms with Crippen molar-refractivity contribution in [3.8, 4) is 29.4 Å². The summed E-state index contributed by atoms with van der Waals surface area (Å²) in [6.07, 6.45) is -1.02. The van der Waals surface area contributed by atoms with Crippen LogP contribution in [-0.4, -0.2) is 24.2 Å². The van der Waals surface area contributed by atoms with Crippen molar-refractivity contribution in [3.05, 3.63) is 29.3 Å².